The van der Waals surface area contributed by atoms with Gasteiger partial charge in [-0.2, -0.15) is 9.50 Å². The van der Waals surface area contributed by atoms with Gasteiger partial charge in [-0.25, -0.2) is 9.97 Å². The van der Waals surface area contributed by atoms with Crippen LogP contribution in [0.25, 0.3) is 17.2 Å². The summed E-state index contributed by atoms with van der Waals surface area (Å²) in [5, 5.41) is 18.4. The Kier molecular flexibility index (Phi) is 6.81. The van der Waals surface area contributed by atoms with Crippen molar-refractivity contribution < 1.29 is 14.7 Å². The third-order valence-electron chi connectivity index (χ3n) is 10.9. The molecule has 2 N–H and O–H groups in total. The summed E-state index contributed by atoms with van der Waals surface area (Å²) in [4.78, 5) is 61.5. The number of carbonyl (C=O) groups is 2. The van der Waals surface area contributed by atoms with Gasteiger partial charge in [-0.3, -0.25) is 19.4 Å². The first-order valence-corrected chi connectivity index (χ1v) is 16.5. The number of aromatic hydroxyl groups is 1. The van der Waals surface area contributed by atoms with Gasteiger partial charge in [-0.15, -0.1) is 5.10 Å². The van der Waals surface area contributed by atoms with Crippen molar-refractivity contribution in [3.8, 4) is 17.1 Å². The van der Waals surface area contributed by atoms with Crippen LogP contribution < -0.4 is 15.8 Å². The van der Waals surface area contributed by atoms with E-state index < -0.39 is 0 Å². The van der Waals surface area contributed by atoms with Crippen LogP contribution in [0.2, 0.25) is 0 Å². The number of carbonyl (C=O) groups excluding carboxylic acids is 2. The molecule has 4 aromatic heterocycles. The minimum absolute atomic E-state index is 0.0113. The van der Waals surface area contributed by atoms with Crippen molar-refractivity contribution in [3.63, 3.8) is 0 Å². The number of amides is 2. The molecule has 4 saturated carbocycles. The molecule has 5 fully saturated rings. The molecule has 4 aliphatic carbocycles. The topological polar surface area (TPSA) is 164 Å². The molecule has 4 aromatic rings. The molecule has 0 unspecified atom stereocenters. The highest BCUT2D eigenvalue weighted by atomic mass is 16.3. The fourth-order valence-corrected chi connectivity index (χ4v) is 8.39. The van der Waals surface area contributed by atoms with Crippen LogP contribution in [-0.4, -0.2) is 87.7 Å². The maximum atomic E-state index is 14.2. The Labute approximate surface area is 270 Å². The third kappa shape index (κ3) is 4.67. The largest absolute Gasteiger partial charge is 0.504 e. The quantitative estimate of drug-likeness (QED) is 0.292. The van der Waals surface area contributed by atoms with Crippen molar-refractivity contribution in [1.29, 1.82) is 0 Å². The number of nitrogens with one attached hydrogen (secondary N) is 1. The van der Waals surface area contributed by atoms with Crippen molar-refractivity contribution in [2.75, 3.05) is 31.1 Å². The second-order valence-corrected chi connectivity index (χ2v) is 13.7. The first kappa shape index (κ1) is 29.5. The van der Waals surface area contributed by atoms with Crippen LogP contribution in [0.4, 0.5) is 5.69 Å². The number of piperazine rings is 1. The molecule has 2 amide bonds. The number of pyridine rings is 1. The molecule has 0 radical (unpaired) electrons. The highest BCUT2D eigenvalue weighted by Gasteiger charge is 2.71. The summed E-state index contributed by atoms with van der Waals surface area (Å²) < 4.78 is 3.12. The fourth-order valence-electron chi connectivity index (χ4n) is 8.39. The molecule has 9 rings (SSSR count). The number of aryl methyl sites for hydroxylation is 1. The predicted octanol–water partition coefficient (Wildman–Crippen LogP) is 2.12. The van der Waals surface area contributed by atoms with Gasteiger partial charge >= 0.3 is 0 Å². The maximum absolute atomic E-state index is 14.2. The van der Waals surface area contributed by atoms with Gasteiger partial charge in [0.15, 0.2) is 17.3 Å². The molecule has 14 nitrogen and oxygen atoms in total. The lowest BCUT2D eigenvalue weighted by Crippen LogP contribution is -2.77. The smallest absolute Gasteiger partial charge is 0.299 e. The molecule has 1 aliphatic heterocycles. The number of aromatic nitrogens is 7. The van der Waals surface area contributed by atoms with Gasteiger partial charge < -0.3 is 24.8 Å². The minimum atomic E-state index is -0.390. The van der Waals surface area contributed by atoms with Crippen molar-refractivity contribution in [1.82, 2.24) is 44.3 Å². The van der Waals surface area contributed by atoms with Crippen LogP contribution in [0, 0.1) is 18.3 Å². The van der Waals surface area contributed by atoms with Gasteiger partial charge in [0.25, 0.3) is 11.5 Å². The van der Waals surface area contributed by atoms with E-state index in [-0.39, 0.29) is 40.9 Å². The molecule has 244 valence electrons. The molecular weight excluding hydrogens is 600 g/mol. The summed E-state index contributed by atoms with van der Waals surface area (Å²) in [6.45, 7) is 4.96. The van der Waals surface area contributed by atoms with E-state index >= 15 is 0 Å². The zero-order valence-electron chi connectivity index (χ0n) is 26.6. The Morgan fingerprint density at radius 3 is 2.45 bits per heavy atom. The molecule has 1 saturated heterocycles. The average Bonchev–Trinajstić information content (AvgIpc) is 3.47. The molecular formula is C33H38N10O4. The summed E-state index contributed by atoms with van der Waals surface area (Å²) in [7, 11) is 0. The Morgan fingerprint density at radius 2 is 1.79 bits per heavy atom. The first-order chi connectivity index (χ1) is 22.7. The number of anilines is 1. The second kappa shape index (κ2) is 10.8. The Balaban J connectivity index is 1.10. The fraction of sp³-hybridized carbons (Fsp3) is 0.515. The van der Waals surface area contributed by atoms with E-state index in [0.29, 0.717) is 72.3 Å². The predicted molar refractivity (Wildman–Crippen MR) is 171 cm³/mol. The van der Waals surface area contributed by atoms with Gasteiger partial charge in [-0.1, -0.05) is 13.3 Å². The van der Waals surface area contributed by atoms with Gasteiger partial charge in [-0.05, 0) is 68.9 Å². The SMILES string of the molecule is CCc1c(N2CCN(C(=O)c3ncnc(C)c3O)CC2)c(=O)n2nc(-c3ccncc3)nc2n1CC(=O)NC12CC(C3CCC3)(C1)C2. The zero-order chi connectivity index (χ0) is 32.5. The van der Waals surface area contributed by atoms with E-state index in [9.17, 15) is 19.5 Å². The van der Waals surface area contributed by atoms with Crippen LogP contribution in [0.3, 0.4) is 0 Å². The first-order valence-electron chi connectivity index (χ1n) is 16.5. The molecule has 0 spiro atoms. The Morgan fingerprint density at radius 1 is 1.06 bits per heavy atom. The van der Waals surface area contributed by atoms with Crippen molar-refractivity contribution >= 4 is 23.3 Å². The lowest BCUT2D eigenvalue weighted by molar-refractivity contribution is -0.208. The van der Waals surface area contributed by atoms with Gasteiger partial charge in [0, 0.05) is 49.7 Å². The highest BCUT2D eigenvalue weighted by molar-refractivity contribution is 5.95. The van der Waals surface area contributed by atoms with Gasteiger partial charge in [0.05, 0.1) is 11.4 Å². The summed E-state index contributed by atoms with van der Waals surface area (Å²) in [6, 6.07) is 3.57. The molecule has 0 atom stereocenters. The molecule has 5 aliphatic rings. The normalized spacial score (nSPS) is 23.6. The standard InChI is InChI=1S/C33H38N10O4/c1-3-23-26(40-11-13-41(14-12-40)29(46)25-27(45)20(2)35-19-36-25)30(47)43-31(37-28(39-43)21-7-9-34-10-8-21)42(23)15-24(44)38-33-16-32(17-33,18-33)22-5-4-6-22/h7-10,19,22,45H,3-6,11-18H2,1-2H3,(H,38,44). The van der Waals surface area contributed by atoms with E-state index in [2.05, 4.69) is 25.4 Å². The monoisotopic (exact) mass is 638 g/mol. The lowest BCUT2D eigenvalue weighted by atomic mass is 9.33. The molecule has 14 heteroatoms. The van der Waals surface area contributed by atoms with Gasteiger partial charge in [0.1, 0.15) is 18.6 Å². The number of nitrogens with zero attached hydrogens (tertiary/aromatic N) is 9. The van der Waals surface area contributed by atoms with Crippen molar-refractivity contribution in [2.24, 2.45) is 11.3 Å². The Hall–Kier alpha value is -4.88. The molecule has 2 bridgehead atoms. The zero-order valence-corrected chi connectivity index (χ0v) is 26.6. The van der Waals surface area contributed by atoms with E-state index in [1.165, 1.54) is 30.1 Å². The lowest BCUT2D eigenvalue weighted by Gasteiger charge is -2.74. The minimum Gasteiger partial charge on any atom is -0.504 e. The number of hydrogen-bond acceptors (Lipinski definition) is 10. The van der Waals surface area contributed by atoms with Crippen molar-refractivity contribution in [3.05, 3.63) is 58.3 Å². The number of hydrogen-bond donors (Lipinski definition) is 2. The highest BCUT2D eigenvalue weighted by Crippen LogP contribution is 2.73. The van der Waals surface area contributed by atoms with Crippen molar-refractivity contribution in [2.45, 2.75) is 70.9 Å². The van der Waals surface area contributed by atoms with E-state index in [4.69, 9.17) is 4.98 Å². The number of fused-ring (bicyclic) bond motifs is 1. The van der Waals surface area contributed by atoms with Crippen LogP contribution >= 0.6 is 0 Å². The Bertz CT molecular complexity index is 1940. The maximum Gasteiger partial charge on any atom is 0.299 e. The summed E-state index contributed by atoms with van der Waals surface area (Å²) >= 11 is 0. The summed E-state index contributed by atoms with van der Waals surface area (Å²) in [6.07, 6.45) is 12.2. The third-order valence-corrected chi connectivity index (χ3v) is 10.9. The summed E-state index contributed by atoms with van der Waals surface area (Å²) in [5.74, 6) is 0.789. The average molecular weight is 639 g/mol. The number of rotatable bonds is 8. The van der Waals surface area contributed by atoms with Crippen LogP contribution in [-0.2, 0) is 17.8 Å². The summed E-state index contributed by atoms with van der Waals surface area (Å²) in [5.41, 5.74) is 2.16. The van der Waals surface area contributed by atoms with Crippen LogP contribution in [0.15, 0.2) is 35.6 Å². The molecule has 47 heavy (non-hydrogen) atoms. The van der Waals surface area contributed by atoms with Crippen LogP contribution in [0.5, 0.6) is 5.75 Å². The van der Waals surface area contributed by atoms with Crippen LogP contribution in [0.1, 0.15) is 67.3 Å². The molecule has 5 heterocycles. The van der Waals surface area contributed by atoms with E-state index in [1.807, 2.05) is 16.4 Å². The van der Waals surface area contributed by atoms with E-state index in [0.717, 1.165) is 25.2 Å². The second-order valence-electron chi connectivity index (χ2n) is 13.7. The molecule has 0 aromatic carbocycles. The van der Waals surface area contributed by atoms with Gasteiger partial charge in [0.2, 0.25) is 11.7 Å². The van der Waals surface area contributed by atoms with E-state index in [1.54, 1.807) is 36.4 Å².